The fourth-order valence-electron chi connectivity index (χ4n) is 3.90. The highest BCUT2D eigenvalue weighted by Crippen LogP contribution is 2.38. The molecule has 0 aliphatic heterocycles. The van der Waals surface area contributed by atoms with E-state index in [0.29, 0.717) is 20.1 Å². The fourth-order valence-corrected chi connectivity index (χ4v) is 6.85. The van der Waals surface area contributed by atoms with Crippen LogP contribution in [0, 0.1) is 5.82 Å². The monoisotopic (exact) mass is 521 g/mol. The van der Waals surface area contributed by atoms with Crippen molar-refractivity contribution in [1.82, 2.24) is 4.57 Å². The predicted molar refractivity (Wildman–Crippen MR) is 134 cm³/mol. The summed E-state index contributed by atoms with van der Waals surface area (Å²) in [6, 6.07) is 4.43. The Kier molecular flexibility index (Phi) is 7.84. The number of esters is 1. The van der Waals surface area contributed by atoms with Crippen LogP contribution in [0.3, 0.4) is 0 Å². The Balaban J connectivity index is 1.39. The second-order valence-corrected chi connectivity index (χ2v) is 11.0. The van der Waals surface area contributed by atoms with Gasteiger partial charge < -0.3 is 14.6 Å². The number of fused-ring (bicyclic) bond motifs is 2. The Morgan fingerprint density at radius 3 is 2.76 bits per heavy atom. The first-order chi connectivity index (χ1) is 16.4. The molecule has 0 saturated carbocycles. The molecule has 0 saturated heterocycles. The lowest BCUT2D eigenvalue weighted by Gasteiger charge is -2.07. The van der Waals surface area contributed by atoms with Crippen LogP contribution in [0.1, 0.15) is 40.1 Å². The van der Waals surface area contributed by atoms with Crippen LogP contribution in [0.4, 0.5) is 9.39 Å². The second kappa shape index (κ2) is 10.8. The zero-order valence-electron chi connectivity index (χ0n) is 18.8. The molecule has 0 radical (unpaired) electrons. The SMILES string of the molecule is COC(=O)c1c(NC(=O)CSCC(=O)N=c2sc3cc(F)ccc3n2C)sc2c1CCCCC2. The molecule has 11 heteroatoms. The van der Waals surface area contributed by atoms with Gasteiger partial charge in [0, 0.05) is 11.9 Å². The van der Waals surface area contributed by atoms with E-state index in [4.69, 9.17) is 4.74 Å². The number of aryl methyl sites for hydroxylation is 2. The lowest BCUT2D eigenvalue weighted by molar-refractivity contribution is -0.115. The van der Waals surface area contributed by atoms with Crippen molar-refractivity contribution in [3.05, 3.63) is 44.8 Å². The van der Waals surface area contributed by atoms with E-state index in [1.54, 1.807) is 17.7 Å². The minimum Gasteiger partial charge on any atom is -0.465 e. The highest BCUT2D eigenvalue weighted by atomic mass is 32.2. The lowest BCUT2D eigenvalue weighted by Crippen LogP contribution is -2.18. The summed E-state index contributed by atoms with van der Waals surface area (Å²) in [7, 11) is 3.11. The van der Waals surface area contributed by atoms with Crippen molar-refractivity contribution >= 4 is 67.4 Å². The van der Waals surface area contributed by atoms with Crippen LogP contribution in [0.2, 0.25) is 0 Å². The molecule has 4 rings (SSSR count). The average molecular weight is 522 g/mol. The molecule has 2 heterocycles. The summed E-state index contributed by atoms with van der Waals surface area (Å²) in [6.07, 6.45) is 4.89. The Labute approximate surface area is 208 Å². The summed E-state index contributed by atoms with van der Waals surface area (Å²) >= 11 is 3.82. The first-order valence-corrected chi connectivity index (χ1v) is 13.6. The van der Waals surface area contributed by atoms with Gasteiger partial charge in [0.05, 0.1) is 34.4 Å². The first-order valence-electron chi connectivity index (χ1n) is 10.8. The van der Waals surface area contributed by atoms with Gasteiger partial charge in [0.2, 0.25) is 5.91 Å². The van der Waals surface area contributed by atoms with Crippen LogP contribution < -0.4 is 10.1 Å². The van der Waals surface area contributed by atoms with Crippen LogP contribution in [-0.4, -0.2) is 41.0 Å². The zero-order chi connectivity index (χ0) is 24.2. The van der Waals surface area contributed by atoms with Crippen molar-refractivity contribution in [2.45, 2.75) is 32.1 Å². The second-order valence-electron chi connectivity index (χ2n) is 7.86. The number of thiazole rings is 1. The number of hydrogen-bond donors (Lipinski definition) is 1. The van der Waals surface area contributed by atoms with Gasteiger partial charge in [0.25, 0.3) is 5.91 Å². The van der Waals surface area contributed by atoms with Crippen LogP contribution in [0.25, 0.3) is 10.2 Å². The molecule has 0 spiro atoms. The molecule has 0 bridgehead atoms. The molecule has 0 unspecified atom stereocenters. The smallest absolute Gasteiger partial charge is 0.341 e. The standard InChI is InChI=1S/C23H24FN3O4S3/c1-27-15-9-8-13(24)10-17(15)34-23(27)26-19(29)12-32-11-18(28)25-21-20(22(30)31-2)14-6-4-3-5-7-16(14)33-21/h8-10H,3-7,11-12H2,1-2H3,(H,25,28). The van der Waals surface area contributed by atoms with Crippen molar-refractivity contribution in [2.75, 3.05) is 23.9 Å². The Hall–Kier alpha value is -2.50. The first kappa shape index (κ1) is 24.6. The van der Waals surface area contributed by atoms with E-state index < -0.39 is 5.97 Å². The molecule has 3 aromatic rings. The normalized spacial score (nSPS) is 14.0. The maximum Gasteiger partial charge on any atom is 0.341 e. The van der Waals surface area contributed by atoms with Crippen LogP contribution in [0.5, 0.6) is 0 Å². The van der Waals surface area contributed by atoms with Crippen molar-refractivity contribution in [3.8, 4) is 0 Å². The van der Waals surface area contributed by atoms with Crippen LogP contribution in [0.15, 0.2) is 23.2 Å². The predicted octanol–water partition coefficient (Wildman–Crippen LogP) is 4.30. The lowest BCUT2D eigenvalue weighted by atomic mass is 10.1. The van der Waals surface area contributed by atoms with Gasteiger partial charge in [-0.3, -0.25) is 9.59 Å². The van der Waals surface area contributed by atoms with E-state index in [-0.39, 0.29) is 29.1 Å². The summed E-state index contributed by atoms with van der Waals surface area (Å²) in [5.74, 6) is -1.37. The topological polar surface area (TPSA) is 89.8 Å². The van der Waals surface area contributed by atoms with Gasteiger partial charge in [-0.1, -0.05) is 17.8 Å². The molecule has 0 atom stereocenters. The molecule has 1 aromatic carbocycles. The molecule has 2 amide bonds. The Morgan fingerprint density at radius 1 is 1.18 bits per heavy atom. The molecular weight excluding hydrogens is 497 g/mol. The number of ether oxygens (including phenoxy) is 1. The number of amides is 2. The largest absolute Gasteiger partial charge is 0.465 e. The molecule has 180 valence electrons. The van der Waals surface area contributed by atoms with Gasteiger partial charge in [-0.25, -0.2) is 9.18 Å². The van der Waals surface area contributed by atoms with Crippen LogP contribution >= 0.6 is 34.4 Å². The number of rotatable bonds is 6. The summed E-state index contributed by atoms with van der Waals surface area (Å²) in [5, 5.41) is 3.36. The van der Waals surface area contributed by atoms with E-state index in [0.717, 1.165) is 59.8 Å². The fraction of sp³-hybridized carbons (Fsp3) is 0.391. The maximum absolute atomic E-state index is 13.4. The number of thioether (sulfide) groups is 1. The molecule has 1 aliphatic rings. The maximum atomic E-state index is 13.4. The number of anilines is 1. The third-order valence-electron chi connectivity index (χ3n) is 5.51. The van der Waals surface area contributed by atoms with Crippen molar-refractivity contribution in [1.29, 1.82) is 0 Å². The minimum absolute atomic E-state index is 0.0286. The summed E-state index contributed by atoms with van der Waals surface area (Å²) < 4.78 is 20.9. The molecule has 7 nitrogen and oxygen atoms in total. The van der Waals surface area contributed by atoms with Gasteiger partial charge in [-0.2, -0.15) is 4.99 Å². The number of carbonyl (C=O) groups excluding carboxylic acids is 3. The van der Waals surface area contributed by atoms with Crippen molar-refractivity contribution in [3.63, 3.8) is 0 Å². The highest BCUT2D eigenvalue weighted by molar-refractivity contribution is 8.00. The van der Waals surface area contributed by atoms with Crippen LogP contribution in [-0.2, 0) is 34.2 Å². The zero-order valence-corrected chi connectivity index (χ0v) is 21.3. The quantitative estimate of drug-likeness (QED) is 0.386. The average Bonchev–Trinajstić information content (AvgIpc) is 3.18. The number of nitrogens with one attached hydrogen (secondary N) is 1. The van der Waals surface area contributed by atoms with Gasteiger partial charge in [0.1, 0.15) is 10.8 Å². The number of carbonyl (C=O) groups is 3. The summed E-state index contributed by atoms with van der Waals surface area (Å²) in [5.41, 5.74) is 2.24. The third-order valence-corrected chi connectivity index (χ3v) is 8.73. The van der Waals surface area contributed by atoms with E-state index in [1.807, 2.05) is 0 Å². The number of thiophene rings is 1. The Morgan fingerprint density at radius 2 is 1.97 bits per heavy atom. The van der Waals surface area contributed by atoms with E-state index in [1.165, 1.54) is 41.9 Å². The summed E-state index contributed by atoms with van der Waals surface area (Å²) in [6.45, 7) is 0. The highest BCUT2D eigenvalue weighted by Gasteiger charge is 2.26. The van der Waals surface area contributed by atoms with Gasteiger partial charge in [-0.05, 0) is 49.4 Å². The number of hydrogen-bond acceptors (Lipinski definition) is 7. The van der Waals surface area contributed by atoms with Crippen molar-refractivity contribution < 1.29 is 23.5 Å². The van der Waals surface area contributed by atoms with Crippen molar-refractivity contribution in [2.24, 2.45) is 12.0 Å². The molecule has 1 N–H and O–H groups in total. The number of halogens is 1. The molecule has 1 aliphatic carbocycles. The number of aromatic nitrogens is 1. The minimum atomic E-state index is -0.438. The van der Waals surface area contributed by atoms with Gasteiger partial charge in [0.15, 0.2) is 4.80 Å². The third kappa shape index (κ3) is 5.42. The van der Waals surface area contributed by atoms with E-state index >= 15 is 0 Å². The summed E-state index contributed by atoms with van der Waals surface area (Å²) in [4.78, 5) is 43.0. The van der Waals surface area contributed by atoms with E-state index in [2.05, 4.69) is 10.3 Å². The number of benzene rings is 1. The number of methoxy groups -OCH3 is 1. The molecule has 2 aromatic heterocycles. The van der Waals surface area contributed by atoms with E-state index in [9.17, 15) is 18.8 Å². The van der Waals surface area contributed by atoms with Gasteiger partial charge >= 0.3 is 5.97 Å². The molecule has 0 fully saturated rings. The molecular formula is C23H24FN3O4S3. The molecule has 34 heavy (non-hydrogen) atoms. The Bertz CT molecular complexity index is 1320. The van der Waals surface area contributed by atoms with Gasteiger partial charge in [-0.15, -0.1) is 23.1 Å². The number of nitrogens with zero attached hydrogens (tertiary/aromatic N) is 2.